The van der Waals surface area contributed by atoms with Crippen LogP contribution in [0.2, 0.25) is 0 Å². The number of aromatic nitrogens is 2. The standard InChI is InChI=1S/C13H17N3O2/c1-9-7-16(8-10(9)2)13-14-5-11(6-15-13)3-4-12(17)18/h3-6,9-10H,7-8H2,1-2H3,(H,17,18)/b4-3+. The number of aliphatic carboxylic acids is 1. The molecule has 2 heterocycles. The fraction of sp³-hybridized carbons (Fsp3) is 0.462. The number of anilines is 1. The molecule has 2 atom stereocenters. The normalized spacial score (nSPS) is 23.8. The monoisotopic (exact) mass is 247 g/mol. The van der Waals surface area contributed by atoms with Crippen molar-refractivity contribution in [2.24, 2.45) is 11.8 Å². The highest BCUT2D eigenvalue weighted by Gasteiger charge is 2.27. The van der Waals surface area contributed by atoms with Crippen molar-refractivity contribution in [1.29, 1.82) is 0 Å². The first-order chi connectivity index (χ1) is 8.56. The maximum absolute atomic E-state index is 10.4. The summed E-state index contributed by atoms with van der Waals surface area (Å²) in [6, 6.07) is 0. The lowest BCUT2D eigenvalue weighted by atomic mass is 10.0. The van der Waals surface area contributed by atoms with E-state index >= 15 is 0 Å². The van der Waals surface area contributed by atoms with Crippen LogP contribution in [0.15, 0.2) is 18.5 Å². The Morgan fingerprint density at radius 2 is 1.89 bits per heavy atom. The Morgan fingerprint density at radius 3 is 2.39 bits per heavy atom. The molecule has 0 amide bonds. The number of carboxylic acids is 1. The molecule has 1 aromatic heterocycles. The van der Waals surface area contributed by atoms with Gasteiger partial charge in [-0.15, -0.1) is 0 Å². The molecule has 5 nitrogen and oxygen atoms in total. The van der Waals surface area contributed by atoms with Crippen molar-refractivity contribution in [2.45, 2.75) is 13.8 Å². The topological polar surface area (TPSA) is 66.3 Å². The van der Waals surface area contributed by atoms with Crippen LogP contribution in [-0.4, -0.2) is 34.1 Å². The van der Waals surface area contributed by atoms with Crippen molar-refractivity contribution in [3.8, 4) is 0 Å². The van der Waals surface area contributed by atoms with Crippen molar-refractivity contribution in [2.75, 3.05) is 18.0 Å². The Morgan fingerprint density at radius 1 is 1.33 bits per heavy atom. The summed E-state index contributed by atoms with van der Waals surface area (Å²) in [7, 11) is 0. The van der Waals surface area contributed by atoms with Crippen LogP contribution in [-0.2, 0) is 4.79 Å². The molecule has 2 rings (SSSR count). The van der Waals surface area contributed by atoms with E-state index in [9.17, 15) is 4.79 Å². The van der Waals surface area contributed by atoms with E-state index in [-0.39, 0.29) is 0 Å². The molecule has 18 heavy (non-hydrogen) atoms. The molecular weight excluding hydrogens is 230 g/mol. The van der Waals surface area contributed by atoms with Gasteiger partial charge in [0, 0.05) is 37.1 Å². The van der Waals surface area contributed by atoms with Gasteiger partial charge < -0.3 is 10.0 Å². The summed E-state index contributed by atoms with van der Waals surface area (Å²) >= 11 is 0. The minimum atomic E-state index is -0.971. The minimum Gasteiger partial charge on any atom is -0.478 e. The van der Waals surface area contributed by atoms with Crippen molar-refractivity contribution < 1.29 is 9.90 Å². The molecule has 0 aromatic carbocycles. The van der Waals surface area contributed by atoms with E-state index in [0.29, 0.717) is 17.4 Å². The number of hydrogen-bond donors (Lipinski definition) is 1. The molecule has 0 saturated carbocycles. The molecule has 1 aromatic rings. The first kappa shape index (κ1) is 12.5. The second kappa shape index (κ2) is 5.16. The van der Waals surface area contributed by atoms with Gasteiger partial charge in [-0.05, 0) is 17.9 Å². The zero-order valence-corrected chi connectivity index (χ0v) is 10.6. The van der Waals surface area contributed by atoms with Gasteiger partial charge in [-0.3, -0.25) is 0 Å². The van der Waals surface area contributed by atoms with Crippen molar-refractivity contribution in [1.82, 2.24) is 9.97 Å². The minimum absolute atomic E-state index is 0.653. The first-order valence-corrected chi connectivity index (χ1v) is 6.04. The van der Waals surface area contributed by atoms with Crippen LogP contribution in [0.25, 0.3) is 6.08 Å². The summed E-state index contributed by atoms with van der Waals surface area (Å²) in [5.41, 5.74) is 0.696. The Labute approximate surface area is 106 Å². The van der Waals surface area contributed by atoms with E-state index in [2.05, 4.69) is 28.7 Å². The highest BCUT2D eigenvalue weighted by molar-refractivity contribution is 5.85. The average molecular weight is 247 g/mol. The summed E-state index contributed by atoms with van der Waals surface area (Å²) in [6.45, 7) is 6.42. The van der Waals surface area contributed by atoms with Crippen LogP contribution >= 0.6 is 0 Å². The first-order valence-electron chi connectivity index (χ1n) is 6.04. The van der Waals surface area contributed by atoms with Crippen LogP contribution in [0, 0.1) is 11.8 Å². The second-order valence-electron chi connectivity index (χ2n) is 4.85. The fourth-order valence-corrected chi connectivity index (χ4v) is 2.04. The third kappa shape index (κ3) is 2.85. The van der Waals surface area contributed by atoms with Crippen molar-refractivity contribution >= 4 is 18.0 Å². The Balaban J connectivity index is 2.06. The summed E-state index contributed by atoms with van der Waals surface area (Å²) in [5.74, 6) is 1.06. The van der Waals surface area contributed by atoms with Gasteiger partial charge >= 0.3 is 5.97 Å². The molecule has 1 N–H and O–H groups in total. The maximum Gasteiger partial charge on any atom is 0.328 e. The third-order valence-electron chi connectivity index (χ3n) is 3.35. The molecule has 2 unspecified atom stereocenters. The SMILES string of the molecule is CC1CN(c2ncc(/C=C/C(=O)O)cn2)CC1C. The molecule has 96 valence electrons. The van der Waals surface area contributed by atoms with Crippen LogP contribution < -0.4 is 4.90 Å². The quantitative estimate of drug-likeness (QED) is 0.823. The summed E-state index contributed by atoms with van der Waals surface area (Å²) in [4.78, 5) is 21.1. The zero-order valence-electron chi connectivity index (χ0n) is 10.6. The molecule has 1 aliphatic heterocycles. The van der Waals surface area contributed by atoms with Gasteiger partial charge in [-0.2, -0.15) is 0 Å². The number of rotatable bonds is 3. The highest BCUT2D eigenvalue weighted by Crippen LogP contribution is 2.24. The van der Waals surface area contributed by atoms with Gasteiger partial charge in [0.1, 0.15) is 0 Å². The summed E-state index contributed by atoms with van der Waals surface area (Å²) in [6.07, 6.45) is 5.87. The molecular formula is C13H17N3O2. The van der Waals surface area contributed by atoms with Gasteiger partial charge in [-0.1, -0.05) is 13.8 Å². The number of carbonyl (C=O) groups is 1. The van der Waals surface area contributed by atoms with Gasteiger partial charge in [-0.25, -0.2) is 14.8 Å². The Hall–Kier alpha value is -1.91. The largest absolute Gasteiger partial charge is 0.478 e. The molecule has 0 aliphatic carbocycles. The van der Waals surface area contributed by atoms with E-state index in [1.54, 1.807) is 12.4 Å². The zero-order chi connectivity index (χ0) is 13.1. The van der Waals surface area contributed by atoms with Crippen LogP contribution in [0.1, 0.15) is 19.4 Å². The molecule has 0 bridgehead atoms. The number of hydrogen-bond acceptors (Lipinski definition) is 4. The van der Waals surface area contributed by atoms with Gasteiger partial charge in [0.15, 0.2) is 0 Å². The van der Waals surface area contributed by atoms with Crippen molar-refractivity contribution in [3.63, 3.8) is 0 Å². The molecule has 0 radical (unpaired) electrons. The molecule has 0 spiro atoms. The number of nitrogens with zero attached hydrogens (tertiary/aromatic N) is 3. The predicted molar refractivity (Wildman–Crippen MR) is 69.2 cm³/mol. The molecule has 1 fully saturated rings. The van der Waals surface area contributed by atoms with E-state index in [1.165, 1.54) is 6.08 Å². The highest BCUT2D eigenvalue weighted by atomic mass is 16.4. The summed E-state index contributed by atoms with van der Waals surface area (Å²) < 4.78 is 0. The second-order valence-corrected chi connectivity index (χ2v) is 4.85. The van der Waals surface area contributed by atoms with E-state index in [0.717, 1.165) is 25.1 Å². The predicted octanol–water partition coefficient (Wildman–Crippen LogP) is 1.67. The molecule has 1 saturated heterocycles. The van der Waals surface area contributed by atoms with Gasteiger partial charge in [0.2, 0.25) is 5.95 Å². The van der Waals surface area contributed by atoms with E-state index < -0.39 is 5.97 Å². The number of carboxylic acid groups (broad SMARTS) is 1. The molecule has 5 heteroatoms. The third-order valence-corrected chi connectivity index (χ3v) is 3.35. The maximum atomic E-state index is 10.4. The fourth-order valence-electron chi connectivity index (χ4n) is 2.04. The lowest BCUT2D eigenvalue weighted by Crippen LogP contribution is -2.21. The van der Waals surface area contributed by atoms with Crippen LogP contribution in [0.3, 0.4) is 0 Å². The summed E-state index contributed by atoms with van der Waals surface area (Å²) in [5, 5.41) is 8.52. The van der Waals surface area contributed by atoms with Gasteiger partial charge in [0.05, 0.1) is 0 Å². The van der Waals surface area contributed by atoms with Crippen molar-refractivity contribution in [3.05, 3.63) is 24.0 Å². The van der Waals surface area contributed by atoms with Crippen LogP contribution in [0.5, 0.6) is 0 Å². The Kier molecular flexibility index (Phi) is 3.60. The smallest absolute Gasteiger partial charge is 0.328 e. The lowest BCUT2D eigenvalue weighted by Gasteiger charge is -2.15. The molecule has 1 aliphatic rings. The van der Waals surface area contributed by atoms with Crippen LogP contribution in [0.4, 0.5) is 5.95 Å². The van der Waals surface area contributed by atoms with E-state index in [4.69, 9.17) is 5.11 Å². The Bertz CT molecular complexity index is 446. The lowest BCUT2D eigenvalue weighted by molar-refractivity contribution is -0.131. The van der Waals surface area contributed by atoms with Gasteiger partial charge in [0.25, 0.3) is 0 Å². The average Bonchev–Trinajstić information content (AvgIpc) is 2.68. The van der Waals surface area contributed by atoms with E-state index in [1.807, 2.05) is 0 Å².